The first-order chi connectivity index (χ1) is 7.50. The highest BCUT2D eigenvalue weighted by Crippen LogP contribution is 2.51. The Morgan fingerprint density at radius 2 is 1.88 bits per heavy atom. The van der Waals surface area contributed by atoms with E-state index in [-0.39, 0.29) is 29.3 Å². The second-order valence-electron chi connectivity index (χ2n) is 6.16. The van der Waals surface area contributed by atoms with Gasteiger partial charge in [0.1, 0.15) is 0 Å². The fourth-order valence-corrected chi connectivity index (χ4v) is 2.71. The quantitative estimate of drug-likeness (QED) is 0.703. The fraction of sp³-hybridized carbons (Fsp3) is 0.923. The molecule has 0 aromatic rings. The lowest BCUT2D eigenvalue weighted by molar-refractivity contribution is -0.123. The van der Waals surface area contributed by atoms with Gasteiger partial charge in [-0.15, -0.1) is 0 Å². The Morgan fingerprint density at radius 3 is 2.50 bits per heavy atom. The summed E-state index contributed by atoms with van der Waals surface area (Å²) in [5.41, 5.74) is 6.32. The molecule has 3 nitrogen and oxygen atoms in total. The van der Waals surface area contributed by atoms with Crippen molar-refractivity contribution in [2.45, 2.75) is 64.5 Å². The highest BCUT2D eigenvalue weighted by Gasteiger charge is 2.50. The molecule has 0 spiro atoms. The molecule has 0 aliphatic heterocycles. The van der Waals surface area contributed by atoms with Crippen molar-refractivity contribution in [3.8, 4) is 0 Å². The van der Waals surface area contributed by atoms with E-state index < -0.39 is 0 Å². The number of nitrogens with one attached hydrogen (secondary N) is 1. The molecule has 0 aromatic heterocycles. The van der Waals surface area contributed by atoms with E-state index in [1.165, 1.54) is 19.3 Å². The van der Waals surface area contributed by atoms with Crippen LogP contribution in [0.3, 0.4) is 0 Å². The molecular formula is C13H24N2O. The van der Waals surface area contributed by atoms with Gasteiger partial charge in [-0.1, -0.05) is 33.1 Å². The van der Waals surface area contributed by atoms with E-state index in [4.69, 9.17) is 5.73 Å². The normalized spacial score (nSPS) is 37.6. The van der Waals surface area contributed by atoms with Crippen LogP contribution in [0.2, 0.25) is 0 Å². The zero-order valence-corrected chi connectivity index (χ0v) is 10.5. The second-order valence-corrected chi connectivity index (χ2v) is 6.16. The summed E-state index contributed by atoms with van der Waals surface area (Å²) in [6, 6.07) is 0.375. The van der Waals surface area contributed by atoms with Gasteiger partial charge < -0.3 is 11.1 Å². The summed E-state index contributed by atoms with van der Waals surface area (Å²) >= 11 is 0. The lowest BCUT2D eigenvalue weighted by Crippen LogP contribution is -2.47. The third-order valence-corrected chi connectivity index (χ3v) is 4.23. The Labute approximate surface area is 98.2 Å². The molecular weight excluding hydrogens is 200 g/mol. The molecule has 2 aliphatic carbocycles. The Bertz CT molecular complexity index is 275. The number of carbonyl (C=O) groups excluding carboxylic acids is 1. The first-order valence-electron chi connectivity index (χ1n) is 6.57. The minimum atomic E-state index is 0.160. The minimum Gasteiger partial charge on any atom is -0.352 e. The molecule has 0 aromatic carbocycles. The highest BCUT2D eigenvalue weighted by atomic mass is 16.2. The number of carbonyl (C=O) groups is 1. The van der Waals surface area contributed by atoms with Crippen molar-refractivity contribution in [3.63, 3.8) is 0 Å². The van der Waals surface area contributed by atoms with Crippen molar-refractivity contribution in [3.05, 3.63) is 0 Å². The van der Waals surface area contributed by atoms with E-state index >= 15 is 0 Å². The van der Waals surface area contributed by atoms with Crippen molar-refractivity contribution < 1.29 is 4.79 Å². The number of hydrogen-bond donors (Lipinski definition) is 2. The molecule has 16 heavy (non-hydrogen) atoms. The van der Waals surface area contributed by atoms with Crippen LogP contribution < -0.4 is 11.1 Å². The Morgan fingerprint density at radius 1 is 1.25 bits per heavy atom. The maximum atomic E-state index is 12.0. The van der Waals surface area contributed by atoms with Crippen LogP contribution >= 0.6 is 0 Å². The van der Waals surface area contributed by atoms with Crippen LogP contribution in [0.4, 0.5) is 0 Å². The van der Waals surface area contributed by atoms with Crippen LogP contribution in [0.5, 0.6) is 0 Å². The van der Waals surface area contributed by atoms with Crippen molar-refractivity contribution in [1.29, 1.82) is 0 Å². The summed E-state index contributed by atoms with van der Waals surface area (Å²) in [5.74, 6) is 0.454. The number of amides is 1. The van der Waals surface area contributed by atoms with Gasteiger partial charge in [0.05, 0.1) is 0 Å². The topological polar surface area (TPSA) is 55.1 Å². The molecule has 2 aliphatic rings. The molecule has 2 fully saturated rings. The lowest BCUT2D eigenvalue weighted by Gasteiger charge is -2.23. The number of hydrogen-bond acceptors (Lipinski definition) is 2. The molecule has 0 heterocycles. The third kappa shape index (κ3) is 2.57. The summed E-state index contributed by atoms with van der Waals surface area (Å²) in [6.45, 7) is 4.31. The second kappa shape index (κ2) is 4.36. The first kappa shape index (κ1) is 11.9. The van der Waals surface area contributed by atoms with Gasteiger partial charge in [0.25, 0.3) is 0 Å². The van der Waals surface area contributed by atoms with Gasteiger partial charge >= 0.3 is 0 Å². The van der Waals surface area contributed by atoms with Crippen molar-refractivity contribution >= 4 is 5.91 Å². The number of nitrogens with two attached hydrogens (primary N) is 1. The Hall–Kier alpha value is -0.570. The molecule has 0 saturated heterocycles. The summed E-state index contributed by atoms with van der Waals surface area (Å²) in [5, 5.41) is 3.16. The van der Waals surface area contributed by atoms with Gasteiger partial charge in [-0.3, -0.25) is 4.79 Å². The SMILES string of the molecule is CC1(C)CC1C(=O)NC1CCCCCC1N. The van der Waals surface area contributed by atoms with Crippen molar-refractivity contribution in [2.75, 3.05) is 0 Å². The van der Waals surface area contributed by atoms with Crippen LogP contribution in [0, 0.1) is 11.3 Å². The monoisotopic (exact) mass is 224 g/mol. The molecule has 2 rings (SSSR count). The predicted molar refractivity (Wildman–Crippen MR) is 64.9 cm³/mol. The van der Waals surface area contributed by atoms with Crippen LogP contribution in [-0.4, -0.2) is 18.0 Å². The first-order valence-corrected chi connectivity index (χ1v) is 6.57. The summed E-state index contributed by atoms with van der Waals surface area (Å²) in [7, 11) is 0. The standard InChI is InChI=1S/C13H24N2O/c1-13(2)8-9(13)12(16)15-11-7-5-3-4-6-10(11)14/h9-11H,3-8,14H2,1-2H3,(H,15,16). The van der Waals surface area contributed by atoms with Crippen LogP contribution in [-0.2, 0) is 4.79 Å². The van der Waals surface area contributed by atoms with Gasteiger partial charge in [-0.25, -0.2) is 0 Å². The fourth-order valence-electron chi connectivity index (χ4n) is 2.71. The van der Waals surface area contributed by atoms with Crippen LogP contribution in [0.15, 0.2) is 0 Å². The molecule has 3 unspecified atom stereocenters. The molecule has 1 amide bonds. The van der Waals surface area contributed by atoms with E-state index in [0.29, 0.717) is 0 Å². The summed E-state index contributed by atoms with van der Waals surface area (Å²) in [4.78, 5) is 12.0. The van der Waals surface area contributed by atoms with Gasteiger partial charge in [0.15, 0.2) is 0 Å². The molecule has 92 valence electrons. The van der Waals surface area contributed by atoms with Crippen LogP contribution in [0.1, 0.15) is 52.4 Å². The highest BCUT2D eigenvalue weighted by molar-refractivity contribution is 5.82. The van der Waals surface area contributed by atoms with Gasteiger partial charge in [0, 0.05) is 18.0 Å². The smallest absolute Gasteiger partial charge is 0.223 e. The average molecular weight is 224 g/mol. The summed E-state index contributed by atoms with van der Waals surface area (Å²) in [6.07, 6.45) is 6.81. The molecule has 3 atom stereocenters. The maximum absolute atomic E-state index is 12.0. The largest absolute Gasteiger partial charge is 0.352 e. The van der Waals surface area contributed by atoms with E-state index in [1.807, 2.05) is 0 Å². The summed E-state index contributed by atoms with van der Waals surface area (Å²) < 4.78 is 0. The zero-order chi connectivity index (χ0) is 11.8. The predicted octanol–water partition coefficient (Wildman–Crippen LogP) is 1.81. The maximum Gasteiger partial charge on any atom is 0.223 e. The Balaban J connectivity index is 1.86. The zero-order valence-electron chi connectivity index (χ0n) is 10.5. The van der Waals surface area contributed by atoms with E-state index in [2.05, 4.69) is 19.2 Å². The van der Waals surface area contributed by atoms with E-state index in [9.17, 15) is 4.79 Å². The minimum absolute atomic E-state index is 0.160. The Kier molecular flexibility index (Phi) is 3.24. The van der Waals surface area contributed by atoms with Crippen molar-refractivity contribution in [1.82, 2.24) is 5.32 Å². The molecule has 2 saturated carbocycles. The van der Waals surface area contributed by atoms with Crippen molar-refractivity contribution in [2.24, 2.45) is 17.1 Å². The number of rotatable bonds is 2. The van der Waals surface area contributed by atoms with Gasteiger partial charge in [0.2, 0.25) is 5.91 Å². The molecule has 0 bridgehead atoms. The lowest BCUT2D eigenvalue weighted by atomic mass is 10.0. The molecule has 0 radical (unpaired) electrons. The van der Waals surface area contributed by atoms with Gasteiger partial charge in [-0.05, 0) is 24.7 Å². The molecule has 3 heteroatoms. The van der Waals surface area contributed by atoms with Gasteiger partial charge in [-0.2, -0.15) is 0 Å². The van der Waals surface area contributed by atoms with Crippen LogP contribution in [0.25, 0.3) is 0 Å². The molecule has 3 N–H and O–H groups in total. The van der Waals surface area contributed by atoms with E-state index in [0.717, 1.165) is 19.3 Å². The third-order valence-electron chi connectivity index (χ3n) is 4.23. The van der Waals surface area contributed by atoms with E-state index in [1.54, 1.807) is 0 Å². The average Bonchev–Trinajstić information content (AvgIpc) is 2.88.